The van der Waals surface area contributed by atoms with Gasteiger partial charge in [-0.05, 0) is 26.7 Å². The van der Waals surface area contributed by atoms with Crippen molar-refractivity contribution in [2.75, 3.05) is 13.2 Å². The van der Waals surface area contributed by atoms with Crippen LogP contribution in [0.1, 0.15) is 59.8 Å². The number of hydrogen-bond donors (Lipinski definition) is 1. The number of carbonyl (C=O) groups excluding carboxylic acids is 2. The standard InChI is InChI=1S/C17H27NO4/c1-5-9-14-12(16(19)21-7-3)11-13(17(20)22-8-4)15(18-14)10-6-2/h18H,5-11H2,1-4H3. The molecule has 0 aromatic heterocycles. The van der Waals surface area contributed by atoms with E-state index in [-0.39, 0.29) is 18.4 Å². The van der Waals surface area contributed by atoms with E-state index in [0.29, 0.717) is 24.4 Å². The van der Waals surface area contributed by atoms with Gasteiger partial charge in [0, 0.05) is 17.8 Å². The largest absolute Gasteiger partial charge is 0.463 e. The van der Waals surface area contributed by atoms with Gasteiger partial charge in [0.05, 0.1) is 24.4 Å². The fourth-order valence-electron chi connectivity index (χ4n) is 2.48. The van der Waals surface area contributed by atoms with Gasteiger partial charge in [0.15, 0.2) is 0 Å². The molecule has 0 unspecified atom stereocenters. The van der Waals surface area contributed by atoms with Gasteiger partial charge in [0.25, 0.3) is 0 Å². The maximum absolute atomic E-state index is 12.2. The lowest BCUT2D eigenvalue weighted by Crippen LogP contribution is -2.29. The van der Waals surface area contributed by atoms with Crippen LogP contribution in [0.3, 0.4) is 0 Å². The molecule has 124 valence electrons. The lowest BCUT2D eigenvalue weighted by Gasteiger charge is -2.26. The molecule has 0 aromatic rings. The number of carbonyl (C=O) groups is 2. The Morgan fingerprint density at radius 3 is 1.59 bits per heavy atom. The zero-order valence-corrected chi connectivity index (χ0v) is 14.1. The summed E-state index contributed by atoms with van der Waals surface area (Å²) in [6.45, 7) is 8.31. The molecule has 0 saturated heterocycles. The topological polar surface area (TPSA) is 64.6 Å². The lowest BCUT2D eigenvalue weighted by molar-refractivity contribution is -0.139. The van der Waals surface area contributed by atoms with Gasteiger partial charge in [0.1, 0.15) is 0 Å². The molecule has 0 spiro atoms. The number of esters is 2. The summed E-state index contributed by atoms with van der Waals surface area (Å²) >= 11 is 0. The molecule has 0 saturated carbocycles. The molecule has 1 rings (SSSR count). The number of dihydropyridines is 1. The van der Waals surface area contributed by atoms with Crippen LogP contribution >= 0.6 is 0 Å². The van der Waals surface area contributed by atoms with E-state index in [0.717, 1.165) is 37.1 Å². The first kappa shape index (κ1) is 18.3. The molecule has 0 atom stereocenters. The molecule has 5 heteroatoms. The van der Waals surface area contributed by atoms with Gasteiger partial charge in [0.2, 0.25) is 0 Å². The molecule has 22 heavy (non-hydrogen) atoms. The quantitative estimate of drug-likeness (QED) is 0.697. The van der Waals surface area contributed by atoms with E-state index >= 15 is 0 Å². The molecule has 1 aliphatic heterocycles. The zero-order chi connectivity index (χ0) is 16.5. The first-order chi connectivity index (χ1) is 10.6. The highest BCUT2D eigenvalue weighted by atomic mass is 16.5. The van der Waals surface area contributed by atoms with Crippen molar-refractivity contribution in [3.8, 4) is 0 Å². The molecule has 1 heterocycles. The van der Waals surface area contributed by atoms with Crippen molar-refractivity contribution in [2.45, 2.75) is 59.8 Å². The second-order valence-electron chi connectivity index (χ2n) is 5.16. The first-order valence-corrected chi connectivity index (χ1v) is 8.14. The summed E-state index contributed by atoms with van der Waals surface area (Å²) in [6.07, 6.45) is 3.64. The van der Waals surface area contributed by atoms with Crippen LogP contribution in [0, 0.1) is 0 Å². The van der Waals surface area contributed by atoms with Crippen LogP contribution in [-0.2, 0) is 19.1 Å². The summed E-state index contributed by atoms with van der Waals surface area (Å²) in [7, 11) is 0. The van der Waals surface area contributed by atoms with E-state index in [2.05, 4.69) is 19.2 Å². The van der Waals surface area contributed by atoms with Crippen LogP contribution < -0.4 is 5.32 Å². The highest BCUT2D eigenvalue weighted by Gasteiger charge is 2.28. The van der Waals surface area contributed by atoms with Crippen molar-refractivity contribution in [2.24, 2.45) is 0 Å². The van der Waals surface area contributed by atoms with Crippen LogP contribution in [0.2, 0.25) is 0 Å². The summed E-state index contributed by atoms with van der Waals surface area (Å²) in [5.41, 5.74) is 2.84. The van der Waals surface area contributed by atoms with Crippen molar-refractivity contribution in [3.05, 3.63) is 22.5 Å². The number of ether oxygens (including phenoxy) is 2. The Labute approximate surface area is 132 Å². The summed E-state index contributed by atoms with van der Waals surface area (Å²) in [4.78, 5) is 24.4. The normalized spacial score (nSPS) is 14.7. The van der Waals surface area contributed by atoms with Crippen molar-refractivity contribution in [1.29, 1.82) is 0 Å². The Morgan fingerprint density at radius 1 is 0.864 bits per heavy atom. The molecule has 0 aromatic carbocycles. The Kier molecular flexibility index (Phi) is 7.71. The fraction of sp³-hybridized carbons (Fsp3) is 0.647. The first-order valence-electron chi connectivity index (χ1n) is 8.14. The van der Waals surface area contributed by atoms with Crippen molar-refractivity contribution in [1.82, 2.24) is 5.32 Å². The van der Waals surface area contributed by atoms with Crippen LogP contribution in [0.25, 0.3) is 0 Å². The van der Waals surface area contributed by atoms with Gasteiger partial charge in [-0.15, -0.1) is 0 Å². The number of allylic oxidation sites excluding steroid dienone is 2. The number of rotatable bonds is 8. The third-order valence-electron chi connectivity index (χ3n) is 3.43. The summed E-state index contributed by atoms with van der Waals surface area (Å²) in [5, 5.41) is 3.29. The molecular weight excluding hydrogens is 282 g/mol. The van der Waals surface area contributed by atoms with Crippen molar-refractivity contribution < 1.29 is 19.1 Å². The minimum atomic E-state index is -0.351. The van der Waals surface area contributed by atoms with Crippen molar-refractivity contribution >= 4 is 11.9 Å². The van der Waals surface area contributed by atoms with Crippen molar-refractivity contribution in [3.63, 3.8) is 0 Å². The smallest absolute Gasteiger partial charge is 0.336 e. The minimum absolute atomic E-state index is 0.287. The fourth-order valence-corrected chi connectivity index (χ4v) is 2.48. The molecule has 0 amide bonds. The van der Waals surface area contributed by atoms with Gasteiger partial charge in [-0.1, -0.05) is 26.7 Å². The van der Waals surface area contributed by atoms with Crippen LogP contribution in [-0.4, -0.2) is 25.2 Å². The number of nitrogens with one attached hydrogen (secondary N) is 1. The minimum Gasteiger partial charge on any atom is -0.463 e. The summed E-state index contributed by atoms with van der Waals surface area (Å²) in [6, 6.07) is 0. The predicted molar refractivity (Wildman–Crippen MR) is 84.9 cm³/mol. The molecule has 0 aliphatic carbocycles. The second kappa shape index (κ2) is 9.28. The van der Waals surface area contributed by atoms with E-state index in [1.807, 2.05) is 0 Å². The molecule has 1 aliphatic rings. The highest BCUT2D eigenvalue weighted by Crippen LogP contribution is 2.29. The Morgan fingerprint density at radius 2 is 1.27 bits per heavy atom. The lowest BCUT2D eigenvalue weighted by atomic mass is 9.94. The maximum atomic E-state index is 12.2. The van der Waals surface area contributed by atoms with Crippen LogP contribution in [0.5, 0.6) is 0 Å². The SMILES string of the molecule is CCCC1=C(C(=O)OCC)CC(C(=O)OCC)=C(CCC)N1. The van der Waals surface area contributed by atoms with Gasteiger partial charge in [-0.2, -0.15) is 0 Å². The van der Waals surface area contributed by atoms with Gasteiger partial charge in [-0.25, -0.2) is 9.59 Å². The van der Waals surface area contributed by atoms with E-state index in [1.54, 1.807) is 13.8 Å². The van der Waals surface area contributed by atoms with Gasteiger partial charge in [-0.3, -0.25) is 0 Å². The highest BCUT2D eigenvalue weighted by molar-refractivity contribution is 5.96. The van der Waals surface area contributed by atoms with E-state index < -0.39 is 0 Å². The Balaban J connectivity index is 3.11. The zero-order valence-electron chi connectivity index (χ0n) is 14.1. The summed E-state index contributed by atoms with van der Waals surface area (Å²) in [5.74, 6) is -0.702. The van der Waals surface area contributed by atoms with E-state index in [9.17, 15) is 9.59 Å². The average molecular weight is 309 g/mol. The third-order valence-corrected chi connectivity index (χ3v) is 3.43. The Bertz CT molecular complexity index is 435. The van der Waals surface area contributed by atoms with Gasteiger partial charge < -0.3 is 14.8 Å². The number of hydrogen-bond acceptors (Lipinski definition) is 5. The molecular formula is C17H27NO4. The predicted octanol–water partition coefficient (Wildman–Crippen LogP) is 3.21. The molecule has 0 bridgehead atoms. The third kappa shape index (κ3) is 4.61. The monoisotopic (exact) mass is 309 g/mol. The maximum Gasteiger partial charge on any atom is 0.336 e. The summed E-state index contributed by atoms with van der Waals surface area (Å²) < 4.78 is 10.3. The second-order valence-corrected chi connectivity index (χ2v) is 5.16. The van der Waals surface area contributed by atoms with E-state index in [4.69, 9.17) is 9.47 Å². The van der Waals surface area contributed by atoms with Gasteiger partial charge >= 0.3 is 11.9 Å². The molecule has 0 fully saturated rings. The average Bonchev–Trinajstić information content (AvgIpc) is 2.48. The van der Waals surface area contributed by atoms with Crippen LogP contribution in [0.4, 0.5) is 0 Å². The van der Waals surface area contributed by atoms with E-state index in [1.165, 1.54) is 0 Å². The molecule has 1 N–H and O–H groups in total. The van der Waals surface area contributed by atoms with Crippen LogP contribution in [0.15, 0.2) is 22.5 Å². The molecule has 0 radical (unpaired) electrons. The molecule has 5 nitrogen and oxygen atoms in total. The Hall–Kier alpha value is -1.78.